The van der Waals surface area contributed by atoms with Crippen LogP contribution in [-0.4, -0.2) is 18.5 Å². The largest absolute Gasteiger partial charge is 0.464 e. The molecule has 3 heteroatoms. The standard InChI is InChI=1S/C15H20ClNO/c1-4-17-11(2)15(3,10-16)13-5-6-14-12(9-13)7-8-18-14/h5-9,11,17H,4,10H2,1-3H3. The monoisotopic (exact) mass is 265 g/mol. The molecule has 2 aromatic rings. The fourth-order valence-electron chi connectivity index (χ4n) is 2.30. The van der Waals surface area contributed by atoms with E-state index in [9.17, 15) is 0 Å². The highest BCUT2D eigenvalue weighted by Gasteiger charge is 2.32. The lowest BCUT2D eigenvalue weighted by Gasteiger charge is -2.35. The molecule has 0 radical (unpaired) electrons. The van der Waals surface area contributed by atoms with Crippen LogP contribution in [0.5, 0.6) is 0 Å². The average Bonchev–Trinajstić information content (AvgIpc) is 2.85. The fourth-order valence-corrected chi connectivity index (χ4v) is 2.68. The molecule has 2 rings (SSSR count). The average molecular weight is 266 g/mol. The number of hydrogen-bond acceptors (Lipinski definition) is 2. The molecule has 1 N–H and O–H groups in total. The van der Waals surface area contributed by atoms with Crippen molar-refractivity contribution in [1.82, 2.24) is 5.32 Å². The van der Waals surface area contributed by atoms with E-state index in [1.54, 1.807) is 6.26 Å². The van der Waals surface area contributed by atoms with Crippen LogP contribution >= 0.6 is 11.6 Å². The van der Waals surface area contributed by atoms with Gasteiger partial charge in [-0.25, -0.2) is 0 Å². The van der Waals surface area contributed by atoms with Crippen LogP contribution in [0.2, 0.25) is 0 Å². The predicted octanol–water partition coefficient (Wildman–Crippen LogP) is 3.93. The molecule has 0 saturated heterocycles. The van der Waals surface area contributed by atoms with E-state index < -0.39 is 0 Å². The first kappa shape index (κ1) is 13.4. The first-order valence-corrected chi connectivity index (χ1v) is 6.92. The molecule has 1 heterocycles. The summed E-state index contributed by atoms with van der Waals surface area (Å²) >= 11 is 6.24. The Bertz CT molecular complexity index is 522. The Balaban J connectivity index is 2.41. The molecule has 2 atom stereocenters. The van der Waals surface area contributed by atoms with Gasteiger partial charge in [-0.15, -0.1) is 11.6 Å². The molecule has 2 nitrogen and oxygen atoms in total. The summed E-state index contributed by atoms with van der Waals surface area (Å²) in [4.78, 5) is 0. The molecule has 98 valence electrons. The minimum Gasteiger partial charge on any atom is -0.464 e. The van der Waals surface area contributed by atoms with Gasteiger partial charge in [0.2, 0.25) is 0 Å². The summed E-state index contributed by atoms with van der Waals surface area (Å²) in [7, 11) is 0. The van der Waals surface area contributed by atoms with Gasteiger partial charge in [0.25, 0.3) is 0 Å². The van der Waals surface area contributed by atoms with E-state index in [1.807, 2.05) is 12.1 Å². The molecule has 0 aliphatic rings. The molecule has 0 aliphatic heterocycles. The zero-order chi connectivity index (χ0) is 13.2. The van der Waals surface area contributed by atoms with Crippen LogP contribution in [-0.2, 0) is 5.41 Å². The zero-order valence-corrected chi connectivity index (χ0v) is 11.9. The van der Waals surface area contributed by atoms with E-state index in [1.165, 1.54) is 5.56 Å². The highest BCUT2D eigenvalue weighted by atomic mass is 35.5. The zero-order valence-electron chi connectivity index (χ0n) is 11.2. The second kappa shape index (κ2) is 5.33. The van der Waals surface area contributed by atoms with Gasteiger partial charge >= 0.3 is 0 Å². The summed E-state index contributed by atoms with van der Waals surface area (Å²) < 4.78 is 5.38. The summed E-state index contributed by atoms with van der Waals surface area (Å²) in [6, 6.07) is 8.63. The Morgan fingerprint density at radius 3 is 2.83 bits per heavy atom. The molecule has 0 fully saturated rings. The number of hydrogen-bond donors (Lipinski definition) is 1. The van der Waals surface area contributed by atoms with Gasteiger partial charge in [0.15, 0.2) is 0 Å². The number of halogens is 1. The third-order valence-corrected chi connectivity index (χ3v) is 4.41. The Kier molecular flexibility index (Phi) is 3.98. The molecule has 1 aromatic heterocycles. The van der Waals surface area contributed by atoms with E-state index >= 15 is 0 Å². The first-order chi connectivity index (χ1) is 8.61. The first-order valence-electron chi connectivity index (χ1n) is 6.39. The van der Waals surface area contributed by atoms with Crippen LogP contribution in [0.3, 0.4) is 0 Å². The van der Waals surface area contributed by atoms with Crippen molar-refractivity contribution in [3.63, 3.8) is 0 Å². The summed E-state index contributed by atoms with van der Waals surface area (Å²) in [6.07, 6.45) is 1.72. The molecule has 2 unspecified atom stereocenters. The van der Waals surface area contributed by atoms with Crippen LogP contribution < -0.4 is 5.32 Å². The van der Waals surface area contributed by atoms with Gasteiger partial charge in [0.05, 0.1) is 6.26 Å². The van der Waals surface area contributed by atoms with Gasteiger partial charge in [-0.1, -0.05) is 19.9 Å². The molecule has 0 aliphatic carbocycles. The lowest BCUT2D eigenvalue weighted by atomic mass is 9.78. The van der Waals surface area contributed by atoms with Crippen LogP contribution in [0.4, 0.5) is 0 Å². The molecular formula is C15H20ClNO. The number of alkyl halides is 1. The molecule has 1 aromatic carbocycles. The molecule has 18 heavy (non-hydrogen) atoms. The lowest BCUT2D eigenvalue weighted by Crippen LogP contribution is -2.46. The van der Waals surface area contributed by atoms with Crippen molar-refractivity contribution in [3.8, 4) is 0 Å². The number of likely N-dealkylation sites (N-methyl/N-ethyl adjacent to an activating group) is 1. The third kappa shape index (κ3) is 2.27. The number of rotatable bonds is 5. The van der Waals surface area contributed by atoms with Gasteiger partial charge in [-0.2, -0.15) is 0 Å². The van der Waals surface area contributed by atoms with Crippen molar-refractivity contribution in [2.45, 2.75) is 32.2 Å². The van der Waals surface area contributed by atoms with E-state index in [2.05, 4.69) is 38.2 Å². The fraction of sp³-hybridized carbons (Fsp3) is 0.467. The molecule has 0 saturated carbocycles. The highest BCUT2D eigenvalue weighted by molar-refractivity contribution is 6.18. The van der Waals surface area contributed by atoms with Crippen LogP contribution in [0.25, 0.3) is 11.0 Å². The van der Waals surface area contributed by atoms with Crippen LogP contribution in [0.15, 0.2) is 34.9 Å². The number of furan rings is 1. The number of fused-ring (bicyclic) bond motifs is 1. The van der Waals surface area contributed by atoms with E-state index in [-0.39, 0.29) is 5.41 Å². The summed E-state index contributed by atoms with van der Waals surface area (Å²) in [6.45, 7) is 7.45. The van der Waals surface area contributed by atoms with Gasteiger partial charge in [0.1, 0.15) is 5.58 Å². The van der Waals surface area contributed by atoms with Gasteiger partial charge in [-0.3, -0.25) is 0 Å². The van der Waals surface area contributed by atoms with Crippen molar-refractivity contribution in [3.05, 3.63) is 36.1 Å². The minimum absolute atomic E-state index is 0.0803. The van der Waals surface area contributed by atoms with Crippen molar-refractivity contribution < 1.29 is 4.42 Å². The van der Waals surface area contributed by atoms with Crippen LogP contribution in [0.1, 0.15) is 26.3 Å². The Hall–Kier alpha value is -0.990. The summed E-state index contributed by atoms with van der Waals surface area (Å²) in [5.74, 6) is 0.588. The van der Waals surface area contributed by atoms with E-state index in [0.29, 0.717) is 11.9 Å². The maximum absolute atomic E-state index is 6.24. The normalized spacial score (nSPS) is 16.7. The molecule has 0 bridgehead atoms. The van der Waals surface area contributed by atoms with Gasteiger partial charge in [0, 0.05) is 22.7 Å². The van der Waals surface area contributed by atoms with E-state index in [4.69, 9.17) is 16.0 Å². The predicted molar refractivity (Wildman–Crippen MR) is 77.4 cm³/mol. The quantitative estimate of drug-likeness (QED) is 0.829. The smallest absolute Gasteiger partial charge is 0.133 e. The molecule has 0 amide bonds. The van der Waals surface area contributed by atoms with Gasteiger partial charge in [-0.05, 0) is 37.2 Å². The topological polar surface area (TPSA) is 25.2 Å². The molecule has 0 spiro atoms. The van der Waals surface area contributed by atoms with Crippen molar-refractivity contribution >= 4 is 22.6 Å². The van der Waals surface area contributed by atoms with Crippen molar-refractivity contribution in [2.24, 2.45) is 0 Å². The maximum atomic E-state index is 6.24. The Morgan fingerprint density at radius 2 is 2.17 bits per heavy atom. The Morgan fingerprint density at radius 1 is 1.39 bits per heavy atom. The maximum Gasteiger partial charge on any atom is 0.133 e. The summed E-state index contributed by atoms with van der Waals surface area (Å²) in [5, 5.41) is 4.60. The summed E-state index contributed by atoms with van der Waals surface area (Å²) in [5.41, 5.74) is 2.09. The van der Waals surface area contributed by atoms with Gasteiger partial charge < -0.3 is 9.73 Å². The minimum atomic E-state index is -0.0803. The second-order valence-electron chi connectivity index (χ2n) is 5.00. The Labute approximate surface area is 113 Å². The molecular weight excluding hydrogens is 246 g/mol. The highest BCUT2D eigenvalue weighted by Crippen LogP contribution is 2.31. The van der Waals surface area contributed by atoms with Crippen LogP contribution in [0, 0.1) is 0 Å². The number of nitrogens with one attached hydrogen (secondary N) is 1. The van der Waals surface area contributed by atoms with Crippen molar-refractivity contribution in [1.29, 1.82) is 0 Å². The van der Waals surface area contributed by atoms with Crippen molar-refractivity contribution in [2.75, 3.05) is 12.4 Å². The lowest BCUT2D eigenvalue weighted by molar-refractivity contribution is 0.373. The second-order valence-corrected chi connectivity index (χ2v) is 5.27. The third-order valence-electron chi connectivity index (χ3n) is 3.86. The SMILES string of the molecule is CCNC(C)C(C)(CCl)c1ccc2occc2c1. The van der Waals surface area contributed by atoms with E-state index in [0.717, 1.165) is 17.5 Å². The number of benzene rings is 1.